The molecular weight excluding hydrogens is 174 g/mol. The molecule has 0 aromatic heterocycles. The lowest BCUT2D eigenvalue weighted by Crippen LogP contribution is -2.29. The third-order valence-corrected chi connectivity index (χ3v) is 2.98. The number of benzene rings is 1. The smallest absolute Gasteiger partial charge is 0.0632 e. The van der Waals surface area contributed by atoms with Gasteiger partial charge in [0, 0.05) is 11.7 Å². The van der Waals surface area contributed by atoms with Gasteiger partial charge in [-0.3, -0.25) is 0 Å². The monoisotopic (exact) mass is 191 g/mol. The number of hydrogen-bond donors (Lipinski definition) is 2. The van der Waals surface area contributed by atoms with Gasteiger partial charge in [-0.25, -0.2) is 0 Å². The van der Waals surface area contributed by atoms with Gasteiger partial charge in [-0.15, -0.1) is 0 Å². The standard InChI is InChI=1S/C12H17NO/c1-2-9-4-3-5-12-11(9)7-6-10(8-14)13-12/h3-5,10,13-14H,2,6-8H2,1H3. The molecule has 0 spiro atoms. The summed E-state index contributed by atoms with van der Waals surface area (Å²) in [6.45, 7) is 2.42. The number of aliphatic hydroxyl groups is 1. The predicted molar refractivity (Wildman–Crippen MR) is 58.6 cm³/mol. The van der Waals surface area contributed by atoms with E-state index in [9.17, 15) is 0 Å². The Morgan fingerprint density at radius 1 is 1.50 bits per heavy atom. The summed E-state index contributed by atoms with van der Waals surface area (Å²) in [6, 6.07) is 6.63. The Hall–Kier alpha value is -1.02. The fourth-order valence-corrected chi connectivity index (χ4v) is 2.14. The molecule has 1 aliphatic rings. The number of anilines is 1. The highest BCUT2D eigenvalue weighted by molar-refractivity contribution is 5.57. The van der Waals surface area contributed by atoms with E-state index in [2.05, 4.69) is 30.4 Å². The summed E-state index contributed by atoms with van der Waals surface area (Å²) >= 11 is 0. The Bertz CT molecular complexity index is 322. The van der Waals surface area contributed by atoms with Crippen molar-refractivity contribution in [3.05, 3.63) is 29.3 Å². The summed E-state index contributed by atoms with van der Waals surface area (Å²) in [6.07, 6.45) is 3.23. The maximum absolute atomic E-state index is 9.08. The molecule has 1 heterocycles. The molecule has 0 saturated carbocycles. The van der Waals surface area contributed by atoms with E-state index in [0.717, 1.165) is 19.3 Å². The van der Waals surface area contributed by atoms with Crippen LogP contribution < -0.4 is 5.32 Å². The molecule has 0 radical (unpaired) electrons. The fourth-order valence-electron chi connectivity index (χ4n) is 2.14. The van der Waals surface area contributed by atoms with Crippen molar-refractivity contribution in [2.24, 2.45) is 0 Å². The Kier molecular flexibility index (Phi) is 2.73. The van der Waals surface area contributed by atoms with Gasteiger partial charge in [0.1, 0.15) is 0 Å². The van der Waals surface area contributed by atoms with Gasteiger partial charge in [0.05, 0.1) is 6.61 Å². The first-order chi connectivity index (χ1) is 6.85. The van der Waals surface area contributed by atoms with Crippen LogP contribution in [0.2, 0.25) is 0 Å². The molecular formula is C12H17NO. The summed E-state index contributed by atoms with van der Waals surface area (Å²) in [7, 11) is 0. The van der Waals surface area contributed by atoms with Crippen molar-refractivity contribution >= 4 is 5.69 Å². The summed E-state index contributed by atoms with van der Waals surface area (Å²) in [5, 5.41) is 12.5. The first-order valence-electron chi connectivity index (χ1n) is 5.33. The molecule has 0 amide bonds. The van der Waals surface area contributed by atoms with Gasteiger partial charge in [-0.2, -0.15) is 0 Å². The van der Waals surface area contributed by atoms with Crippen LogP contribution in [0.5, 0.6) is 0 Å². The second-order valence-electron chi connectivity index (χ2n) is 3.86. The van der Waals surface area contributed by atoms with E-state index >= 15 is 0 Å². The highest BCUT2D eigenvalue weighted by atomic mass is 16.3. The molecule has 1 aromatic rings. The van der Waals surface area contributed by atoms with Gasteiger partial charge in [0.2, 0.25) is 0 Å². The third kappa shape index (κ3) is 1.62. The minimum atomic E-state index is 0.232. The minimum Gasteiger partial charge on any atom is -0.394 e. The zero-order valence-electron chi connectivity index (χ0n) is 8.59. The number of rotatable bonds is 2. The summed E-state index contributed by atoms with van der Waals surface area (Å²) < 4.78 is 0. The van der Waals surface area contributed by atoms with Crippen LogP contribution in [0.15, 0.2) is 18.2 Å². The van der Waals surface area contributed by atoms with Crippen molar-refractivity contribution in [2.45, 2.75) is 32.2 Å². The van der Waals surface area contributed by atoms with E-state index in [-0.39, 0.29) is 12.6 Å². The molecule has 2 rings (SSSR count). The molecule has 76 valence electrons. The first-order valence-corrected chi connectivity index (χ1v) is 5.33. The fraction of sp³-hybridized carbons (Fsp3) is 0.500. The van der Waals surface area contributed by atoms with Crippen molar-refractivity contribution in [3.8, 4) is 0 Å². The second kappa shape index (κ2) is 4.01. The van der Waals surface area contributed by atoms with Crippen LogP contribution in [-0.4, -0.2) is 17.8 Å². The van der Waals surface area contributed by atoms with Gasteiger partial charge >= 0.3 is 0 Å². The number of aliphatic hydroxyl groups excluding tert-OH is 1. The zero-order chi connectivity index (χ0) is 9.97. The van der Waals surface area contributed by atoms with E-state index in [4.69, 9.17) is 5.11 Å². The number of fused-ring (bicyclic) bond motifs is 1. The summed E-state index contributed by atoms with van der Waals surface area (Å²) in [4.78, 5) is 0. The van der Waals surface area contributed by atoms with Crippen molar-refractivity contribution in [1.82, 2.24) is 0 Å². The average Bonchev–Trinajstić information content (AvgIpc) is 2.27. The van der Waals surface area contributed by atoms with Crippen LogP contribution in [0, 0.1) is 0 Å². The van der Waals surface area contributed by atoms with E-state index in [0.29, 0.717) is 0 Å². The van der Waals surface area contributed by atoms with Crippen LogP contribution in [0.4, 0.5) is 5.69 Å². The second-order valence-corrected chi connectivity index (χ2v) is 3.86. The molecule has 2 N–H and O–H groups in total. The molecule has 1 atom stereocenters. The van der Waals surface area contributed by atoms with Crippen molar-refractivity contribution in [3.63, 3.8) is 0 Å². The zero-order valence-corrected chi connectivity index (χ0v) is 8.59. The van der Waals surface area contributed by atoms with Crippen LogP contribution in [0.3, 0.4) is 0 Å². The Balaban J connectivity index is 2.30. The first kappa shape index (κ1) is 9.53. The highest BCUT2D eigenvalue weighted by Crippen LogP contribution is 2.27. The van der Waals surface area contributed by atoms with Crippen LogP contribution in [-0.2, 0) is 12.8 Å². The molecule has 0 fully saturated rings. The summed E-state index contributed by atoms with van der Waals surface area (Å²) in [5.74, 6) is 0. The molecule has 0 bridgehead atoms. The van der Waals surface area contributed by atoms with Gasteiger partial charge in [0.15, 0.2) is 0 Å². The third-order valence-electron chi connectivity index (χ3n) is 2.98. The molecule has 1 unspecified atom stereocenters. The minimum absolute atomic E-state index is 0.232. The van der Waals surface area contributed by atoms with Crippen molar-refractivity contribution in [2.75, 3.05) is 11.9 Å². The normalized spacial score (nSPS) is 20.0. The van der Waals surface area contributed by atoms with Gasteiger partial charge in [0.25, 0.3) is 0 Å². The molecule has 0 aliphatic carbocycles. The molecule has 2 heteroatoms. The molecule has 1 aliphatic heterocycles. The van der Waals surface area contributed by atoms with Crippen LogP contribution in [0.1, 0.15) is 24.5 Å². The van der Waals surface area contributed by atoms with Gasteiger partial charge < -0.3 is 10.4 Å². The number of hydrogen-bond acceptors (Lipinski definition) is 2. The van der Waals surface area contributed by atoms with Gasteiger partial charge in [-0.1, -0.05) is 19.1 Å². The van der Waals surface area contributed by atoms with Crippen LogP contribution >= 0.6 is 0 Å². The highest BCUT2D eigenvalue weighted by Gasteiger charge is 2.18. The molecule has 14 heavy (non-hydrogen) atoms. The molecule has 0 saturated heterocycles. The maximum Gasteiger partial charge on any atom is 0.0632 e. The quantitative estimate of drug-likeness (QED) is 0.749. The number of aryl methyl sites for hydroxylation is 1. The largest absolute Gasteiger partial charge is 0.394 e. The maximum atomic E-state index is 9.08. The lowest BCUT2D eigenvalue weighted by molar-refractivity contribution is 0.267. The van der Waals surface area contributed by atoms with Crippen LogP contribution in [0.25, 0.3) is 0 Å². The summed E-state index contributed by atoms with van der Waals surface area (Å²) in [5.41, 5.74) is 4.10. The van der Waals surface area contributed by atoms with E-state index < -0.39 is 0 Å². The average molecular weight is 191 g/mol. The van der Waals surface area contributed by atoms with Crippen molar-refractivity contribution in [1.29, 1.82) is 0 Å². The Labute approximate surface area is 85.0 Å². The topological polar surface area (TPSA) is 32.3 Å². The predicted octanol–water partition coefficient (Wildman–Crippen LogP) is 1.97. The Morgan fingerprint density at radius 3 is 3.07 bits per heavy atom. The molecule has 1 aromatic carbocycles. The lowest BCUT2D eigenvalue weighted by Gasteiger charge is -2.27. The SMILES string of the molecule is CCc1cccc2c1CCC(CO)N2. The van der Waals surface area contributed by atoms with E-state index in [1.54, 1.807) is 0 Å². The van der Waals surface area contributed by atoms with Crippen molar-refractivity contribution < 1.29 is 5.11 Å². The molecule has 2 nitrogen and oxygen atoms in total. The number of nitrogens with one attached hydrogen (secondary N) is 1. The van der Waals surface area contributed by atoms with E-state index in [1.165, 1.54) is 16.8 Å². The lowest BCUT2D eigenvalue weighted by atomic mass is 9.93. The van der Waals surface area contributed by atoms with E-state index in [1.807, 2.05) is 0 Å². The van der Waals surface area contributed by atoms with Gasteiger partial charge in [-0.05, 0) is 36.5 Å². The Morgan fingerprint density at radius 2 is 2.36 bits per heavy atom.